The fourth-order valence-electron chi connectivity index (χ4n) is 2.09. The van der Waals surface area contributed by atoms with Gasteiger partial charge in [-0.1, -0.05) is 24.8 Å². The highest BCUT2D eigenvalue weighted by molar-refractivity contribution is 9.10. The van der Waals surface area contributed by atoms with Crippen LogP contribution in [-0.4, -0.2) is 10.9 Å². The highest BCUT2D eigenvalue weighted by Crippen LogP contribution is 2.38. The van der Waals surface area contributed by atoms with E-state index < -0.39 is 0 Å². The Morgan fingerprint density at radius 3 is 2.56 bits per heavy atom. The van der Waals surface area contributed by atoms with E-state index in [1.54, 1.807) is 23.4 Å². The first-order chi connectivity index (χ1) is 8.70. The number of hydrogen-bond acceptors (Lipinski definition) is 2. The number of aromatic nitrogens is 1. The van der Waals surface area contributed by atoms with E-state index in [0.29, 0.717) is 11.3 Å². The van der Waals surface area contributed by atoms with E-state index in [-0.39, 0.29) is 5.91 Å². The fraction of sp³-hybridized carbons (Fsp3) is 0. The van der Waals surface area contributed by atoms with Crippen molar-refractivity contribution < 1.29 is 4.79 Å². The molecule has 3 nitrogen and oxygen atoms in total. The third-order valence-corrected chi connectivity index (χ3v) is 3.54. The summed E-state index contributed by atoms with van der Waals surface area (Å²) in [5.74, 6) is -0.0532. The molecule has 0 radical (unpaired) electrons. The molecule has 0 bridgehead atoms. The summed E-state index contributed by atoms with van der Waals surface area (Å²) < 4.78 is 0.771. The second kappa shape index (κ2) is 4.07. The molecule has 0 N–H and O–H groups in total. The van der Waals surface area contributed by atoms with Gasteiger partial charge in [-0.3, -0.25) is 14.7 Å². The number of amides is 1. The van der Waals surface area contributed by atoms with Gasteiger partial charge in [0.1, 0.15) is 0 Å². The maximum absolute atomic E-state index is 12.4. The van der Waals surface area contributed by atoms with Gasteiger partial charge >= 0.3 is 0 Å². The van der Waals surface area contributed by atoms with Gasteiger partial charge in [0.15, 0.2) is 0 Å². The van der Waals surface area contributed by atoms with E-state index in [0.717, 1.165) is 15.7 Å². The summed E-state index contributed by atoms with van der Waals surface area (Å²) in [7, 11) is 0. The standard InChI is InChI=1S/C14H9BrN2O/c1-9-10-4-2-3-5-11(10)14(18)17(9)13-6-7-16-8-12(13)15/h2-8H,1H2. The molecule has 1 aromatic heterocycles. The number of benzene rings is 1. The first-order valence-corrected chi connectivity index (χ1v) is 6.21. The second-order valence-electron chi connectivity index (χ2n) is 3.96. The Morgan fingerprint density at radius 2 is 1.89 bits per heavy atom. The molecule has 3 rings (SSSR count). The average molecular weight is 301 g/mol. The predicted octanol–water partition coefficient (Wildman–Crippen LogP) is 3.48. The number of halogens is 1. The van der Waals surface area contributed by atoms with Crippen LogP contribution < -0.4 is 4.90 Å². The highest BCUT2D eigenvalue weighted by atomic mass is 79.9. The Bertz CT molecular complexity index is 631. The summed E-state index contributed by atoms with van der Waals surface area (Å²) in [5.41, 5.74) is 3.02. The van der Waals surface area contributed by atoms with Crippen molar-refractivity contribution >= 4 is 33.2 Å². The van der Waals surface area contributed by atoms with Crippen molar-refractivity contribution in [3.05, 3.63) is 64.9 Å². The summed E-state index contributed by atoms with van der Waals surface area (Å²) in [6, 6.07) is 9.28. The lowest BCUT2D eigenvalue weighted by molar-refractivity contribution is 0.101. The molecule has 1 aromatic carbocycles. The SMILES string of the molecule is C=C1c2ccccc2C(=O)N1c1ccncc1Br. The minimum Gasteiger partial charge on any atom is -0.276 e. The molecule has 1 amide bonds. The van der Waals surface area contributed by atoms with E-state index in [4.69, 9.17) is 0 Å². The van der Waals surface area contributed by atoms with Gasteiger partial charge in [-0.25, -0.2) is 0 Å². The Kier molecular flexibility index (Phi) is 2.52. The lowest BCUT2D eigenvalue weighted by Gasteiger charge is -2.18. The zero-order valence-corrected chi connectivity index (χ0v) is 11.0. The van der Waals surface area contributed by atoms with Gasteiger partial charge in [0.2, 0.25) is 0 Å². The van der Waals surface area contributed by atoms with Crippen LogP contribution in [0.2, 0.25) is 0 Å². The van der Waals surface area contributed by atoms with Crippen molar-refractivity contribution in [2.24, 2.45) is 0 Å². The van der Waals surface area contributed by atoms with Crippen LogP contribution in [0, 0.1) is 0 Å². The smallest absolute Gasteiger partial charge is 0.263 e. The van der Waals surface area contributed by atoms with Crippen molar-refractivity contribution in [1.29, 1.82) is 0 Å². The molecule has 0 atom stereocenters. The third-order valence-electron chi connectivity index (χ3n) is 2.93. The van der Waals surface area contributed by atoms with Crippen LogP contribution in [0.15, 0.2) is 53.8 Å². The zero-order valence-electron chi connectivity index (χ0n) is 9.43. The molecule has 0 fully saturated rings. The molecule has 2 heterocycles. The molecular weight excluding hydrogens is 292 g/mol. The molecule has 1 aliphatic heterocycles. The topological polar surface area (TPSA) is 33.2 Å². The van der Waals surface area contributed by atoms with Gasteiger partial charge in [0.25, 0.3) is 5.91 Å². The second-order valence-corrected chi connectivity index (χ2v) is 4.81. The van der Waals surface area contributed by atoms with Gasteiger partial charge in [0.05, 0.1) is 15.9 Å². The lowest BCUT2D eigenvalue weighted by atomic mass is 10.1. The van der Waals surface area contributed by atoms with Crippen molar-refractivity contribution in [3.63, 3.8) is 0 Å². The van der Waals surface area contributed by atoms with Crippen molar-refractivity contribution in [2.75, 3.05) is 4.90 Å². The Labute approximate surface area is 113 Å². The first-order valence-electron chi connectivity index (χ1n) is 5.42. The van der Waals surface area contributed by atoms with Gasteiger partial charge in [-0.15, -0.1) is 0 Å². The van der Waals surface area contributed by atoms with E-state index in [9.17, 15) is 4.79 Å². The number of pyridine rings is 1. The maximum atomic E-state index is 12.4. The number of rotatable bonds is 1. The van der Waals surface area contributed by atoms with Gasteiger partial charge in [-0.05, 0) is 28.1 Å². The summed E-state index contributed by atoms with van der Waals surface area (Å²) in [4.78, 5) is 18.0. The molecule has 0 saturated heterocycles. The van der Waals surface area contributed by atoms with E-state index in [1.165, 1.54) is 0 Å². The average Bonchev–Trinajstić information content (AvgIpc) is 2.64. The number of carbonyl (C=O) groups excluding carboxylic acids is 1. The summed E-state index contributed by atoms with van der Waals surface area (Å²) in [6.45, 7) is 4.01. The minimum absolute atomic E-state index is 0.0532. The molecule has 0 spiro atoms. The molecule has 0 aliphatic carbocycles. The number of fused-ring (bicyclic) bond motifs is 1. The number of carbonyl (C=O) groups is 1. The molecule has 18 heavy (non-hydrogen) atoms. The monoisotopic (exact) mass is 300 g/mol. The van der Waals surface area contributed by atoms with Crippen molar-refractivity contribution in [1.82, 2.24) is 4.98 Å². The van der Waals surface area contributed by atoms with E-state index in [1.807, 2.05) is 24.3 Å². The van der Waals surface area contributed by atoms with E-state index >= 15 is 0 Å². The van der Waals surface area contributed by atoms with Crippen LogP contribution >= 0.6 is 15.9 Å². The molecular formula is C14H9BrN2O. The van der Waals surface area contributed by atoms with Crippen LogP contribution in [-0.2, 0) is 0 Å². The minimum atomic E-state index is -0.0532. The summed E-state index contributed by atoms with van der Waals surface area (Å²) >= 11 is 3.41. The number of anilines is 1. The van der Waals surface area contributed by atoms with E-state index in [2.05, 4.69) is 27.5 Å². The third kappa shape index (κ3) is 1.49. The molecule has 0 saturated carbocycles. The van der Waals surface area contributed by atoms with Gasteiger partial charge in [0, 0.05) is 23.5 Å². The van der Waals surface area contributed by atoms with Crippen LogP contribution in [0.3, 0.4) is 0 Å². The maximum Gasteiger partial charge on any atom is 0.263 e. The Balaban J connectivity index is 2.16. The molecule has 0 unspecified atom stereocenters. The van der Waals surface area contributed by atoms with Crippen LogP contribution in [0.5, 0.6) is 0 Å². The van der Waals surface area contributed by atoms with Crippen LogP contribution in [0.25, 0.3) is 5.70 Å². The number of nitrogens with zero attached hydrogens (tertiary/aromatic N) is 2. The largest absolute Gasteiger partial charge is 0.276 e. The first kappa shape index (κ1) is 11.2. The van der Waals surface area contributed by atoms with Crippen LogP contribution in [0.1, 0.15) is 15.9 Å². The summed E-state index contributed by atoms with van der Waals surface area (Å²) in [5, 5.41) is 0. The van der Waals surface area contributed by atoms with Crippen molar-refractivity contribution in [3.8, 4) is 0 Å². The summed E-state index contributed by atoms with van der Waals surface area (Å²) in [6.07, 6.45) is 3.32. The normalized spacial score (nSPS) is 13.9. The Hall–Kier alpha value is -1.94. The number of hydrogen-bond donors (Lipinski definition) is 0. The fourth-order valence-corrected chi connectivity index (χ4v) is 2.52. The van der Waals surface area contributed by atoms with Crippen molar-refractivity contribution in [2.45, 2.75) is 0 Å². The Morgan fingerprint density at radius 1 is 1.17 bits per heavy atom. The zero-order chi connectivity index (χ0) is 12.7. The predicted molar refractivity (Wildman–Crippen MR) is 74.2 cm³/mol. The quantitative estimate of drug-likeness (QED) is 0.808. The molecule has 88 valence electrons. The van der Waals surface area contributed by atoms with Crippen LogP contribution in [0.4, 0.5) is 5.69 Å². The van der Waals surface area contributed by atoms with Gasteiger partial charge in [-0.2, -0.15) is 0 Å². The van der Waals surface area contributed by atoms with Gasteiger partial charge < -0.3 is 0 Å². The molecule has 1 aliphatic rings. The highest BCUT2D eigenvalue weighted by Gasteiger charge is 2.32. The lowest BCUT2D eigenvalue weighted by Crippen LogP contribution is -2.22. The molecule has 2 aromatic rings. The molecule has 4 heteroatoms.